The number of urea groups is 1. The molecule has 0 aromatic carbocycles. The molecule has 0 bridgehead atoms. The third kappa shape index (κ3) is 5.36. The third-order valence-corrected chi connectivity index (χ3v) is 3.33. The van der Waals surface area contributed by atoms with Gasteiger partial charge in [-0.2, -0.15) is 4.98 Å². The monoisotopic (exact) mass is 317 g/mol. The first-order chi connectivity index (χ1) is 10.8. The Morgan fingerprint density at radius 3 is 2.78 bits per heavy atom. The summed E-state index contributed by atoms with van der Waals surface area (Å²) in [6.07, 6.45) is 5.57. The Balaban J connectivity index is 2.06. The number of nitrogens with one attached hydrogen (secondary N) is 1. The Hall–Kier alpha value is -2.44. The SMILES string of the molecule is CN(Cc1ncon1)C(=O)NC(CC(C)(C)C)c1cccnc1. The zero-order valence-electron chi connectivity index (χ0n) is 14.0. The second-order valence-electron chi connectivity index (χ2n) is 6.76. The van der Waals surface area contributed by atoms with Gasteiger partial charge < -0.3 is 14.7 Å². The molecule has 124 valence electrons. The average molecular weight is 317 g/mol. The van der Waals surface area contributed by atoms with Gasteiger partial charge in [0.1, 0.15) is 0 Å². The van der Waals surface area contributed by atoms with E-state index in [1.165, 1.54) is 11.3 Å². The first-order valence-corrected chi connectivity index (χ1v) is 7.52. The standard InChI is InChI=1S/C16H23N5O2/c1-16(2,3)8-13(12-6-5-7-17-9-12)19-15(22)21(4)10-14-18-11-23-20-14/h5-7,9,11,13H,8,10H2,1-4H3,(H,19,22). The predicted molar refractivity (Wildman–Crippen MR) is 85.3 cm³/mol. The van der Waals surface area contributed by atoms with Gasteiger partial charge in [0.25, 0.3) is 0 Å². The van der Waals surface area contributed by atoms with Gasteiger partial charge in [-0.25, -0.2) is 4.79 Å². The molecule has 23 heavy (non-hydrogen) atoms. The van der Waals surface area contributed by atoms with Crippen molar-refractivity contribution in [3.05, 3.63) is 42.3 Å². The minimum atomic E-state index is -0.187. The van der Waals surface area contributed by atoms with Gasteiger partial charge in [-0.3, -0.25) is 4.98 Å². The lowest BCUT2D eigenvalue weighted by Gasteiger charge is -2.28. The predicted octanol–water partition coefficient (Wildman–Crippen LogP) is 2.78. The third-order valence-electron chi connectivity index (χ3n) is 3.33. The lowest BCUT2D eigenvalue weighted by atomic mass is 9.86. The van der Waals surface area contributed by atoms with Crippen molar-refractivity contribution < 1.29 is 9.32 Å². The van der Waals surface area contributed by atoms with E-state index in [2.05, 4.69) is 45.7 Å². The number of carbonyl (C=O) groups excluding carboxylic acids is 1. The molecule has 1 atom stereocenters. The van der Waals surface area contributed by atoms with E-state index < -0.39 is 0 Å². The van der Waals surface area contributed by atoms with Gasteiger partial charge in [0.15, 0.2) is 5.82 Å². The van der Waals surface area contributed by atoms with E-state index in [4.69, 9.17) is 0 Å². The molecule has 7 heteroatoms. The highest BCUT2D eigenvalue weighted by Crippen LogP contribution is 2.29. The molecule has 0 radical (unpaired) electrons. The van der Waals surface area contributed by atoms with Gasteiger partial charge in [0.2, 0.25) is 6.39 Å². The van der Waals surface area contributed by atoms with E-state index in [0.29, 0.717) is 5.82 Å². The van der Waals surface area contributed by atoms with Gasteiger partial charge >= 0.3 is 6.03 Å². The lowest BCUT2D eigenvalue weighted by molar-refractivity contribution is 0.195. The second kappa shape index (κ2) is 7.21. The summed E-state index contributed by atoms with van der Waals surface area (Å²) in [6, 6.07) is 3.56. The molecular formula is C16H23N5O2. The minimum absolute atomic E-state index is 0.0695. The topological polar surface area (TPSA) is 84.2 Å². The lowest BCUT2D eigenvalue weighted by Crippen LogP contribution is -2.40. The van der Waals surface area contributed by atoms with E-state index in [1.807, 2.05) is 12.1 Å². The zero-order valence-corrected chi connectivity index (χ0v) is 14.0. The summed E-state index contributed by atoms with van der Waals surface area (Å²) in [6.45, 7) is 6.72. The van der Waals surface area contributed by atoms with Crippen molar-refractivity contribution >= 4 is 6.03 Å². The fourth-order valence-corrected chi connectivity index (χ4v) is 2.25. The fourth-order valence-electron chi connectivity index (χ4n) is 2.25. The average Bonchev–Trinajstić information content (AvgIpc) is 2.99. The molecule has 0 aliphatic carbocycles. The van der Waals surface area contributed by atoms with Crippen LogP contribution in [0.5, 0.6) is 0 Å². The number of nitrogens with zero attached hydrogens (tertiary/aromatic N) is 4. The number of pyridine rings is 1. The maximum atomic E-state index is 12.4. The fraction of sp³-hybridized carbons (Fsp3) is 0.500. The van der Waals surface area contributed by atoms with Crippen LogP contribution in [0.1, 0.15) is 44.6 Å². The zero-order chi connectivity index (χ0) is 16.9. The van der Waals surface area contributed by atoms with Gasteiger partial charge in [0.05, 0.1) is 12.6 Å². The molecule has 2 heterocycles. The molecule has 1 unspecified atom stereocenters. The van der Waals surface area contributed by atoms with Crippen molar-refractivity contribution in [2.75, 3.05) is 7.05 Å². The summed E-state index contributed by atoms with van der Waals surface area (Å²) in [5.41, 5.74) is 1.06. The normalized spacial score (nSPS) is 12.7. The highest BCUT2D eigenvalue weighted by Gasteiger charge is 2.23. The van der Waals surface area contributed by atoms with Gasteiger partial charge in [0, 0.05) is 19.4 Å². The number of rotatable bonds is 5. The Morgan fingerprint density at radius 1 is 1.43 bits per heavy atom. The van der Waals surface area contributed by atoms with Crippen LogP contribution in [0, 0.1) is 5.41 Å². The van der Waals surface area contributed by atoms with Crippen LogP contribution in [0.2, 0.25) is 0 Å². The molecule has 0 saturated heterocycles. The van der Waals surface area contributed by atoms with Crippen molar-refractivity contribution in [3.63, 3.8) is 0 Å². The number of aromatic nitrogens is 3. The van der Waals surface area contributed by atoms with Crippen LogP contribution < -0.4 is 5.32 Å². The molecule has 0 aliphatic heterocycles. The molecule has 2 amide bonds. The highest BCUT2D eigenvalue weighted by atomic mass is 16.5. The number of hydrogen-bond acceptors (Lipinski definition) is 5. The van der Waals surface area contributed by atoms with E-state index in [-0.39, 0.29) is 24.0 Å². The molecule has 0 aliphatic rings. The number of carbonyl (C=O) groups is 1. The summed E-state index contributed by atoms with van der Waals surface area (Å²) >= 11 is 0. The molecule has 2 rings (SSSR count). The van der Waals surface area contributed by atoms with Gasteiger partial charge in [-0.05, 0) is 23.5 Å². The van der Waals surface area contributed by atoms with Crippen LogP contribution in [0.4, 0.5) is 4.79 Å². The van der Waals surface area contributed by atoms with Crippen molar-refractivity contribution in [1.29, 1.82) is 0 Å². The number of amides is 2. The van der Waals surface area contributed by atoms with Crippen molar-refractivity contribution in [2.45, 2.75) is 39.8 Å². The Labute approximate surface area is 136 Å². The second-order valence-corrected chi connectivity index (χ2v) is 6.76. The van der Waals surface area contributed by atoms with Gasteiger partial charge in [-0.15, -0.1) is 0 Å². The Kier molecular flexibility index (Phi) is 5.31. The molecule has 0 fully saturated rings. The van der Waals surface area contributed by atoms with E-state index >= 15 is 0 Å². The van der Waals surface area contributed by atoms with Crippen LogP contribution in [0.15, 0.2) is 35.4 Å². The van der Waals surface area contributed by atoms with Gasteiger partial charge in [-0.1, -0.05) is 32.0 Å². The molecule has 2 aromatic heterocycles. The quantitative estimate of drug-likeness (QED) is 0.916. The largest absolute Gasteiger partial charge is 0.343 e. The Morgan fingerprint density at radius 2 is 2.22 bits per heavy atom. The summed E-state index contributed by atoms with van der Waals surface area (Å²) in [4.78, 5) is 22.0. The Bertz CT molecular complexity index is 607. The number of hydrogen-bond donors (Lipinski definition) is 1. The van der Waals surface area contributed by atoms with Crippen molar-refractivity contribution in [3.8, 4) is 0 Å². The van der Waals surface area contributed by atoms with E-state index in [9.17, 15) is 4.79 Å². The summed E-state index contributed by atoms with van der Waals surface area (Å²) < 4.78 is 4.68. The molecule has 1 N–H and O–H groups in total. The summed E-state index contributed by atoms with van der Waals surface area (Å²) in [5.74, 6) is 0.469. The van der Waals surface area contributed by atoms with Crippen LogP contribution >= 0.6 is 0 Å². The maximum Gasteiger partial charge on any atom is 0.318 e. The molecule has 2 aromatic rings. The van der Waals surface area contributed by atoms with E-state index in [1.54, 1.807) is 19.4 Å². The first-order valence-electron chi connectivity index (χ1n) is 7.52. The van der Waals surface area contributed by atoms with Crippen LogP contribution in [-0.2, 0) is 6.54 Å². The first kappa shape index (κ1) is 16.9. The van der Waals surface area contributed by atoms with Crippen LogP contribution in [-0.4, -0.2) is 33.1 Å². The van der Waals surface area contributed by atoms with Crippen molar-refractivity contribution in [2.24, 2.45) is 5.41 Å². The highest BCUT2D eigenvalue weighted by molar-refractivity contribution is 5.74. The smallest absolute Gasteiger partial charge is 0.318 e. The summed E-state index contributed by atoms with van der Waals surface area (Å²) in [5, 5.41) is 6.78. The van der Waals surface area contributed by atoms with Crippen molar-refractivity contribution in [1.82, 2.24) is 25.3 Å². The molecule has 0 spiro atoms. The van der Waals surface area contributed by atoms with Crippen LogP contribution in [0.3, 0.4) is 0 Å². The molecule has 7 nitrogen and oxygen atoms in total. The molecular weight excluding hydrogens is 294 g/mol. The maximum absolute atomic E-state index is 12.4. The summed E-state index contributed by atoms with van der Waals surface area (Å²) in [7, 11) is 1.70. The van der Waals surface area contributed by atoms with E-state index in [0.717, 1.165) is 12.0 Å². The minimum Gasteiger partial charge on any atom is -0.343 e. The van der Waals surface area contributed by atoms with Crippen LogP contribution in [0.25, 0.3) is 0 Å². The molecule has 0 saturated carbocycles.